The third-order valence-electron chi connectivity index (χ3n) is 4.07. The third kappa shape index (κ3) is 4.59. The molecule has 0 spiro atoms. The molecule has 2 aromatic rings. The van der Waals surface area contributed by atoms with Crippen LogP contribution in [0.4, 0.5) is 0 Å². The van der Waals surface area contributed by atoms with Crippen molar-refractivity contribution in [2.75, 3.05) is 13.2 Å². The van der Waals surface area contributed by atoms with Gasteiger partial charge in [0, 0.05) is 18.5 Å². The van der Waals surface area contributed by atoms with Crippen LogP contribution in [0.3, 0.4) is 0 Å². The molecule has 0 aromatic heterocycles. The van der Waals surface area contributed by atoms with Gasteiger partial charge in [-0.3, -0.25) is 0 Å². The first-order valence-corrected chi connectivity index (χ1v) is 11.2. The molecular weight excluding hydrogens is 392 g/mol. The summed E-state index contributed by atoms with van der Waals surface area (Å²) < 4.78 is 61.6. The zero-order valence-corrected chi connectivity index (χ0v) is 16.2. The standard InChI is InChI=1S/C17H20N2O6S2/c1-12(13-3-5-14(6-4-13)26(18,20)21)19-27(22,23)15-7-8-16-17(11-15)25-10-2-9-24-16/h3-8,11-12,19H,2,9-10H2,1H3,(H2,18,20,21)/t12-/m0/s1. The number of benzene rings is 2. The quantitative estimate of drug-likeness (QED) is 0.767. The van der Waals surface area contributed by atoms with E-state index in [-0.39, 0.29) is 9.79 Å². The van der Waals surface area contributed by atoms with Gasteiger partial charge in [-0.15, -0.1) is 0 Å². The molecule has 0 bridgehead atoms. The van der Waals surface area contributed by atoms with E-state index in [0.29, 0.717) is 30.3 Å². The summed E-state index contributed by atoms with van der Waals surface area (Å²) in [5.41, 5.74) is 0.598. The number of nitrogens with two attached hydrogens (primary N) is 1. The second-order valence-corrected chi connectivity index (χ2v) is 9.39. The monoisotopic (exact) mass is 412 g/mol. The molecule has 0 aliphatic carbocycles. The molecule has 0 amide bonds. The van der Waals surface area contributed by atoms with Crippen molar-refractivity contribution in [1.29, 1.82) is 0 Å². The molecule has 3 rings (SSSR count). The number of hydrogen-bond acceptors (Lipinski definition) is 6. The largest absolute Gasteiger partial charge is 0.490 e. The fourth-order valence-electron chi connectivity index (χ4n) is 2.63. The smallest absolute Gasteiger partial charge is 0.241 e. The fraction of sp³-hybridized carbons (Fsp3) is 0.294. The van der Waals surface area contributed by atoms with Gasteiger partial charge in [-0.2, -0.15) is 0 Å². The molecule has 0 saturated heterocycles. The van der Waals surface area contributed by atoms with Crippen molar-refractivity contribution in [3.05, 3.63) is 48.0 Å². The lowest BCUT2D eigenvalue weighted by Crippen LogP contribution is -2.27. The number of sulfonamides is 2. The van der Waals surface area contributed by atoms with Gasteiger partial charge < -0.3 is 9.47 Å². The molecule has 10 heteroatoms. The summed E-state index contributed by atoms with van der Waals surface area (Å²) in [6.07, 6.45) is 0.723. The molecule has 1 aliphatic rings. The van der Waals surface area contributed by atoms with Crippen LogP contribution in [0.2, 0.25) is 0 Å². The predicted molar refractivity (Wildman–Crippen MR) is 98.6 cm³/mol. The average Bonchev–Trinajstić information content (AvgIpc) is 2.85. The summed E-state index contributed by atoms with van der Waals surface area (Å²) in [4.78, 5) is 0.0176. The normalized spacial score (nSPS) is 15.8. The van der Waals surface area contributed by atoms with Gasteiger partial charge in [-0.25, -0.2) is 26.7 Å². The first-order chi connectivity index (χ1) is 12.7. The number of nitrogens with one attached hydrogen (secondary N) is 1. The van der Waals surface area contributed by atoms with Crippen molar-refractivity contribution in [2.45, 2.75) is 29.2 Å². The van der Waals surface area contributed by atoms with E-state index in [1.54, 1.807) is 13.0 Å². The van der Waals surface area contributed by atoms with Crippen LogP contribution in [0.25, 0.3) is 0 Å². The fourth-order valence-corrected chi connectivity index (χ4v) is 4.39. The Morgan fingerprint density at radius 2 is 1.52 bits per heavy atom. The minimum atomic E-state index is -3.82. The Morgan fingerprint density at radius 3 is 2.15 bits per heavy atom. The third-order valence-corrected chi connectivity index (χ3v) is 6.54. The Hall–Kier alpha value is -2.14. The number of rotatable bonds is 5. The Bertz CT molecular complexity index is 1030. The lowest BCUT2D eigenvalue weighted by molar-refractivity contribution is 0.297. The van der Waals surface area contributed by atoms with Crippen molar-refractivity contribution < 1.29 is 26.3 Å². The molecule has 8 nitrogen and oxygen atoms in total. The van der Waals surface area contributed by atoms with E-state index >= 15 is 0 Å². The van der Waals surface area contributed by atoms with Crippen molar-refractivity contribution in [2.24, 2.45) is 5.14 Å². The first-order valence-electron chi connectivity index (χ1n) is 8.21. The van der Waals surface area contributed by atoms with E-state index < -0.39 is 26.1 Å². The zero-order valence-electron chi connectivity index (χ0n) is 14.6. The molecule has 2 aromatic carbocycles. The van der Waals surface area contributed by atoms with E-state index in [2.05, 4.69) is 4.72 Å². The molecule has 146 valence electrons. The maximum Gasteiger partial charge on any atom is 0.241 e. The minimum Gasteiger partial charge on any atom is -0.490 e. The second kappa shape index (κ2) is 7.47. The number of ether oxygens (including phenoxy) is 2. The number of hydrogen-bond donors (Lipinski definition) is 2. The van der Waals surface area contributed by atoms with Gasteiger partial charge in [0.05, 0.1) is 23.0 Å². The van der Waals surface area contributed by atoms with Gasteiger partial charge in [-0.05, 0) is 36.8 Å². The first kappa shape index (κ1) is 19.6. The lowest BCUT2D eigenvalue weighted by Gasteiger charge is -2.16. The van der Waals surface area contributed by atoms with Crippen LogP contribution < -0.4 is 19.3 Å². The molecule has 27 heavy (non-hydrogen) atoms. The Balaban J connectivity index is 1.80. The molecular formula is C17H20N2O6S2. The SMILES string of the molecule is C[C@H](NS(=O)(=O)c1ccc2c(c1)OCCCO2)c1ccc(S(N)(=O)=O)cc1. The second-order valence-electron chi connectivity index (χ2n) is 6.12. The van der Waals surface area contributed by atoms with Crippen LogP contribution in [0, 0.1) is 0 Å². The molecule has 0 saturated carbocycles. The van der Waals surface area contributed by atoms with Gasteiger partial charge in [0.1, 0.15) is 0 Å². The Morgan fingerprint density at radius 1 is 0.926 bits per heavy atom. The van der Waals surface area contributed by atoms with Crippen LogP contribution in [-0.2, 0) is 20.0 Å². The van der Waals surface area contributed by atoms with Crippen molar-refractivity contribution in [3.63, 3.8) is 0 Å². The molecule has 0 radical (unpaired) electrons. The van der Waals surface area contributed by atoms with Gasteiger partial charge in [0.15, 0.2) is 11.5 Å². The molecule has 1 heterocycles. The van der Waals surface area contributed by atoms with E-state index in [4.69, 9.17) is 14.6 Å². The number of primary sulfonamides is 1. The van der Waals surface area contributed by atoms with Crippen molar-refractivity contribution >= 4 is 20.0 Å². The molecule has 1 atom stereocenters. The maximum atomic E-state index is 12.7. The lowest BCUT2D eigenvalue weighted by atomic mass is 10.1. The van der Waals surface area contributed by atoms with Crippen LogP contribution in [0.5, 0.6) is 11.5 Å². The van der Waals surface area contributed by atoms with Gasteiger partial charge in [-0.1, -0.05) is 12.1 Å². The van der Waals surface area contributed by atoms with Crippen LogP contribution in [0.15, 0.2) is 52.3 Å². The van der Waals surface area contributed by atoms with Gasteiger partial charge in [0.2, 0.25) is 20.0 Å². The van der Waals surface area contributed by atoms with E-state index in [9.17, 15) is 16.8 Å². The molecule has 0 fully saturated rings. The van der Waals surface area contributed by atoms with E-state index in [1.807, 2.05) is 0 Å². The molecule has 3 N–H and O–H groups in total. The number of fused-ring (bicyclic) bond motifs is 1. The highest BCUT2D eigenvalue weighted by molar-refractivity contribution is 7.89. The summed E-state index contributed by atoms with van der Waals surface area (Å²) >= 11 is 0. The minimum absolute atomic E-state index is 0.0378. The Labute approximate surface area is 158 Å². The van der Waals surface area contributed by atoms with E-state index in [1.165, 1.54) is 36.4 Å². The molecule has 0 unspecified atom stereocenters. The van der Waals surface area contributed by atoms with E-state index in [0.717, 1.165) is 6.42 Å². The van der Waals surface area contributed by atoms with Crippen LogP contribution >= 0.6 is 0 Å². The summed E-state index contributed by atoms with van der Waals surface area (Å²) in [6.45, 7) is 2.63. The summed E-state index contributed by atoms with van der Waals surface area (Å²) in [7, 11) is -7.62. The molecule has 1 aliphatic heterocycles. The average molecular weight is 412 g/mol. The highest BCUT2D eigenvalue weighted by atomic mass is 32.2. The summed E-state index contributed by atoms with van der Waals surface area (Å²) in [5, 5.41) is 5.07. The predicted octanol–water partition coefficient (Wildman–Crippen LogP) is 1.53. The topological polar surface area (TPSA) is 125 Å². The van der Waals surface area contributed by atoms with Gasteiger partial charge in [0.25, 0.3) is 0 Å². The summed E-state index contributed by atoms with van der Waals surface area (Å²) in [5.74, 6) is 0.901. The van der Waals surface area contributed by atoms with Crippen LogP contribution in [-0.4, -0.2) is 30.0 Å². The highest BCUT2D eigenvalue weighted by Gasteiger charge is 2.21. The summed E-state index contributed by atoms with van der Waals surface area (Å²) in [6, 6.07) is 9.57. The maximum absolute atomic E-state index is 12.7. The van der Waals surface area contributed by atoms with Crippen LogP contribution in [0.1, 0.15) is 24.9 Å². The van der Waals surface area contributed by atoms with Crippen molar-refractivity contribution in [3.8, 4) is 11.5 Å². The van der Waals surface area contributed by atoms with Gasteiger partial charge >= 0.3 is 0 Å². The highest BCUT2D eigenvalue weighted by Crippen LogP contribution is 2.32. The Kier molecular flexibility index (Phi) is 5.43. The zero-order chi connectivity index (χ0) is 19.7. The van der Waals surface area contributed by atoms with Crippen molar-refractivity contribution in [1.82, 2.24) is 4.72 Å².